The molecular weight excluding hydrogens is 260 g/mol. The van der Waals surface area contributed by atoms with E-state index in [1.807, 2.05) is 6.92 Å². The van der Waals surface area contributed by atoms with Gasteiger partial charge in [-0.2, -0.15) is 0 Å². The molecule has 0 atom stereocenters. The van der Waals surface area contributed by atoms with Crippen LogP contribution in [-0.2, 0) is 6.54 Å². The van der Waals surface area contributed by atoms with Crippen LogP contribution < -0.4 is 0 Å². The maximum atomic E-state index is 11.0. The van der Waals surface area contributed by atoms with Crippen LogP contribution in [0.3, 0.4) is 0 Å². The van der Waals surface area contributed by atoms with Crippen molar-refractivity contribution in [1.82, 2.24) is 9.80 Å². The van der Waals surface area contributed by atoms with Crippen molar-refractivity contribution in [2.75, 3.05) is 33.2 Å². The van der Waals surface area contributed by atoms with Crippen LogP contribution in [0.2, 0.25) is 0 Å². The van der Waals surface area contributed by atoms with Gasteiger partial charge in [-0.15, -0.1) is 12.4 Å². The first-order valence-electron chi connectivity index (χ1n) is 6.56. The molecule has 0 aromatic heterocycles. The average molecular weight is 283 g/mol. The van der Waals surface area contributed by atoms with Gasteiger partial charge >= 0.3 is 0 Å². The Balaban J connectivity index is 0.00000180. The molecule has 1 aromatic rings. The Labute approximate surface area is 122 Å². The number of carbonyl (C=O) groups excluding carboxylic acids is 1. The number of nitrogens with zero attached hydrogens (tertiary/aromatic N) is 2. The minimum Gasteiger partial charge on any atom is -0.304 e. The monoisotopic (exact) mass is 282 g/mol. The number of aldehydes is 1. The van der Waals surface area contributed by atoms with Gasteiger partial charge in [0, 0.05) is 38.3 Å². The number of hydrogen-bond acceptors (Lipinski definition) is 3. The number of rotatable bonds is 3. The van der Waals surface area contributed by atoms with Crippen LogP contribution in [0.15, 0.2) is 12.1 Å². The van der Waals surface area contributed by atoms with E-state index in [9.17, 15) is 4.79 Å². The van der Waals surface area contributed by atoms with E-state index in [1.165, 1.54) is 11.1 Å². The van der Waals surface area contributed by atoms with Crippen molar-refractivity contribution in [3.05, 3.63) is 34.4 Å². The van der Waals surface area contributed by atoms with Gasteiger partial charge in [0.25, 0.3) is 0 Å². The van der Waals surface area contributed by atoms with Crippen LogP contribution in [0.4, 0.5) is 0 Å². The highest BCUT2D eigenvalue weighted by Crippen LogP contribution is 2.17. The minimum absolute atomic E-state index is 0. The smallest absolute Gasteiger partial charge is 0.150 e. The molecule has 4 heteroatoms. The first-order chi connectivity index (χ1) is 8.60. The average Bonchev–Trinajstić information content (AvgIpc) is 2.35. The van der Waals surface area contributed by atoms with Gasteiger partial charge in [0.2, 0.25) is 0 Å². The largest absolute Gasteiger partial charge is 0.304 e. The zero-order valence-electron chi connectivity index (χ0n) is 12.0. The predicted molar refractivity (Wildman–Crippen MR) is 81.3 cm³/mol. The van der Waals surface area contributed by atoms with Gasteiger partial charge in [-0.05, 0) is 43.7 Å². The van der Waals surface area contributed by atoms with Gasteiger partial charge in [0.15, 0.2) is 0 Å². The zero-order chi connectivity index (χ0) is 13.1. The lowest BCUT2D eigenvalue weighted by Crippen LogP contribution is -2.44. The number of carbonyl (C=O) groups is 1. The van der Waals surface area contributed by atoms with E-state index < -0.39 is 0 Å². The van der Waals surface area contributed by atoms with Gasteiger partial charge in [0.05, 0.1) is 0 Å². The SMILES string of the molecule is Cc1cc(C)c(CN2CCN(C)CC2)cc1C=O.Cl. The summed E-state index contributed by atoms with van der Waals surface area (Å²) in [7, 11) is 2.17. The highest BCUT2D eigenvalue weighted by molar-refractivity contribution is 5.85. The van der Waals surface area contributed by atoms with Gasteiger partial charge in [0.1, 0.15) is 6.29 Å². The predicted octanol–water partition coefficient (Wildman–Crippen LogP) is 2.29. The molecule has 1 aliphatic heterocycles. The summed E-state index contributed by atoms with van der Waals surface area (Å²) < 4.78 is 0. The summed E-state index contributed by atoms with van der Waals surface area (Å²) in [6.45, 7) is 9.57. The van der Waals surface area contributed by atoms with E-state index in [0.717, 1.165) is 50.1 Å². The van der Waals surface area contributed by atoms with Crippen LogP contribution in [-0.4, -0.2) is 49.3 Å². The van der Waals surface area contributed by atoms with Gasteiger partial charge in [-0.3, -0.25) is 9.69 Å². The Morgan fingerprint density at radius 1 is 1.11 bits per heavy atom. The normalized spacial score (nSPS) is 17.0. The molecule has 0 saturated carbocycles. The lowest BCUT2D eigenvalue weighted by atomic mass is 10.00. The highest BCUT2D eigenvalue weighted by atomic mass is 35.5. The Kier molecular flexibility index (Phi) is 5.98. The van der Waals surface area contributed by atoms with Crippen LogP contribution >= 0.6 is 12.4 Å². The zero-order valence-corrected chi connectivity index (χ0v) is 12.8. The number of aryl methyl sites for hydroxylation is 2. The third-order valence-electron chi connectivity index (χ3n) is 3.84. The van der Waals surface area contributed by atoms with Crippen molar-refractivity contribution in [1.29, 1.82) is 0 Å². The maximum Gasteiger partial charge on any atom is 0.150 e. The van der Waals surface area contributed by atoms with Gasteiger partial charge in [-0.1, -0.05) is 6.07 Å². The van der Waals surface area contributed by atoms with Crippen molar-refractivity contribution < 1.29 is 4.79 Å². The summed E-state index contributed by atoms with van der Waals surface area (Å²) in [6.07, 6.45) is 0.961. The molecule has 0 bridgehead atoms. The molecule has 0 radical (unpaired) electrons. The molecule has 1 aromatic carbocycles. The van der Waals surface area contributed by atoms with Crippen molar-refractivity contribution in [2.24, 2.45) is 0 Å². The van der Waals surface area contributed by atoms with Crippen molar-refractivity contribution in [3.8, 4) is 0 Å². The summed E-state index contributed by atoms with van der Waals surface area (Å²) in [4.78, 5) is 15.8. The summed E-state index contributed by atoms with van der Waals surface area (Å²) in [5, 5.41) is 0. The van der Waals surface area contributed by atoms with Crippen LogP contribution in [0.25, 0.3) is 0 Å². The number of halogens is 1. The third-order valence-corrected chi connectivity index (χ3v) is 3.84. The van der Waals surface area contributed by atoms with Crippen LogP contribution in [0.1, 0.15) is 27.0 Å². The fraction of sp³-hybridized carbons (Fsp3) is 0.533. The molecule has 0 amide bonds. The van der Waals surface area contributed by atoms with Crippen molar-refractivity contribution >= 4 is 18.7 Å². The Hall–Kier alpha value is -0.900. The number of hydrogen-bond donors (Lipinski definition) is 0. The van der Waals surface area contributed by atoms with E-state index >= 15 is 0 Å². The van der Waals surface area contributed by atoms with Crippen LogP contribution in [0.5, 0.6) is 0 Å². The standard InChI is InChI=1S/C15H22N2O.ClH/c1-12-8-13(2)15(11-18)9-14(12)10-17-6-4-16(3)5-7-17;/h8-9,11H,4-7,10H2,1-3H3;1H. The van der Waals surface area contributed by atoms with Crippen molar-refractivity contribution in [2.45, 2.75) is 20.4 Å². The highest BCUT2D eigenvalue weighted by Gasteiger charge is 2.15. The second-order valence-electron chi connectivity index (χ2n) is 5.33. The van der Waals surface area contributed by atoms with E-state index in [1.54, 1.807) is 0 Å². The number of piperazine rings is 1. The molecule has 0 N–H and O–H groups in total. The lowest BCUT2D eigenvalue weighted by Gasteiger charge is -2.32. The molecular formula is C15H23ClN2O. The van der Waals surface area contributed by atoms with Gasteiger partial charge < -0.3 is 4.90 Å². The Morgan fingerprint density at radius 2 is 1.74 bits per heavy atom. The third kappa shape index (κ3) is 4.03. The van der Waals surface area contributed by atoms with Gasteiger partial charge in [-0.25, -0.2) is 0 Å². The first kappa shape index (κ1) is 16.2. The molecule has 1 aliphatic rings. The second-order valence-corrected chi connectivity index (χ2v) is 5.33. The quantitative estimate of drug-likeness (QED) is 0.795. The Morgan fingerprint density at radius 3 is 2.32 bits per heavy atom. The Bertz CT molecular complexity index is 440. The maximum absolute atomic E-state index is 11.0. The fourth-order valence-corrected chi connectivity index (χ4v) is 2.46. The summed E-state index contributed by atoms with van der Waals surface area (Å²) >= 11 is 0. The summed E-state index contributed by atoms with van der Waals surface area (Å²) in [5.74, 6) is 0. The minimum atomic E-state index is 0. The molecule has 0 unspecified atom stereocenters. The molecule has 106 valence electrons. The fourth-order valence-electron chi connectivity index (χ4n) is 2.46. The summed E-state index contributed by atoms with van der Waals surface area (Å²) in [6, 6.07) is 4.17. The second kappa shape index (κ2) is 7.04. The van der Waals surface area contributed by atoms with E-state index in [-0.39, 0.29) is 12.4 Å². The molecule has 1 heterocycles. The number of likely N-dealkylation sites (N-methyl/N-ethyl adjacent to an activating group) is 1. The molecule has 19 heavy (non-hydrogen) atoms. The molecule has 2 rings (SSSR count). The molecule has 0 spiro atoms. The molecule has 3 nitrogen and oxygen atoms in total. The topological polar surface area (TPSA) is 23.6 Å². The van der Waals surface area contributed by atoms with Crippen molar-refractivity contribution in [3.63, 3.8) is 0 Å². The molecule has 0 aliphatic carbocycles. The van der Waals surface area contributed by atoms with E-state index in [0.29, 0.717) is 0 Å². The lowest BCUT2D eigenvalue weighted by molar-refractivity contribution is 0.112. The van der Waals surface area contributed by atoms with E-state index in [4.69, 9.17) is 0 Å². The first-order valence-corrected chi connectivity index (χ1v) is 6.56. The summed E-state index contributed by atoms with van der Waals surface area (Å²) in [5.41, 5.74) is 4.47. The number of benzene rings is 1. The van der Waals surface area contributed by atoms with E-state index in [2.05, 4.69) is 35.9 Å². The van der Waals surface area contributed by atoms with Crippen LogP contribution in [0, 0.1) is 13.8 Å². The molecule has 1 fully saturated rings. The molecule has 1 saturated heterocycles.